The Morgan fingerprint density at radius 3 is 2.29 bits per heavy atom. The predicted molar refractivity (Wildman–Crippen MR) is 57.4 cm³/mol. The summed E-state index contributed by atoms with van der Waals surface area (Å²) in [7, 11) is 0. The zero-order chi connectivity index (χ0) is 13.1. The highest BCUT2D eigenvalue weighted by atomic mass is 79.9. The maximum Gasteiger partial charge on any atom is 0.324 e. The Morgan fingerprint density at radius 1 is 1.29 bits per heavy atom. The molecular weight excluding hydrogens is 306 g/mol. The van der Waals surface area contributed by atoms with Crippen LogP contribution in [0, 0.1) is 0 Å². The number of hydrogen-bond donors (Lipinski definition) is 1. The third kappa shape index (κ3) is 3.99. The zero-order valence-corrected chi connectivity index (χ0v) is 9.98. The normalized spacial score (nSPS) is 11.6. The van der Waals surface area contributed by atoms with Crippen LogP contribution < -0.4 is 5.32 Å². The molecule has 1 amide bonds. The first-order chi connectivity index (χ1) is 7.83. The summed E-state index contributed by atoms with van der Waals surface area (Å²) in [5.74, 6) is -5.04. The Hall–Kier alpha value is -1.11. The van der Waals surface area contributed by atoms with Gasteiger partial charge in [-0.15, -0.1) is 0 Å². The second-order valence-corrected chi connectivity index (χ2v) is 4.17. The summed E-state index contributed by atoms with van der Waals surface area (Å²) in [5, 5.41) is 1.76. The lowest BCUT2D eigenvalue weighted by atomic mass is 10.2. The van der Waals surface area contributed by atoms with Gasteiger partial charge < -0.3 is 5.32 Å². The summed E-state index contributed by atoms with van der Waals surface area (Å²) in [5.41, 5.74) is 0.123. The first-order valence-electron chi connectivity index (χ1n) is 4.52. The van der Waals surface area contributed by atoms with Gasteiger partial charge in [0.15, 0.2) is 0 Å². The van der Waals surface area contributed by atoms with Crippen LogP contribution in [0.5, 0.6) is 0 Å². The number of benzene rings is 1. The van der Waals surface area contributed by atoms with Gasteiger partial charge in [-0.05, 0) is 24.3 Å². The van der Waals surface area contributed by atoms with E-state index in [0.29, 0.717) is 4.47 Å². The van der Waals surface area contributed by atoms with Gasteiger partial charge in [0, 0.05) is 10.0 Å². The van der Waals surface area contributed by atoms with Gasteiger partial charge in [-0.25, -0.2) is 8.78 Å². The van der Waals surface area contributed by atoms with Crippen LogP contribution in [0.1, 0.15) is 10.4 Å². The van der Waals surface area contributed by atoms with Crippen molar-refractivity contribution in [1.29, 1.82) is 0 Å². The van der Waals surface area contributed by atoms with Crippen molar-refractivity contribution >= 4 is 21.8 Å². The molecule has 0 saturated carbocycles. The average Bonchev–Trinajstić information content (AvgIpc) is 2.27. The minimum atomic E-state index is -4.22. The van der Waals surface area contributed by atoms with Crippen molar-refractivity contribution in [2.24, 2.45) is 0 Å². The molecule has 0 aliphatic heterocycles. The van der Waals surface area contributed by atoms with E-state index in [0.717, 1.165) is 0 Å². The van der Waals surface area contributed by atoms with E-state index in [-0.39, 0.29) is 5.56 Å². The summed E-state index contributed by atoms with van der Waals surface area (Å²) < 4.78 is 49.4. The Kier molecular flexibility index (Phi) is 4.50. The van der Waals surface area contributed by atoms with Gasteiger partial charge in [0.05, 0.1) is 6.54 Å². The van der Waals surface area contributed by atoms with Gasteiger partial charge in [0.1, 0.15) is 0 Å². The molecule has 17 heavy (non-hydrogen) atoms. The molecular formula is C10H8BrF4NO. The molecule has 0 unspecified atom stereocenters. The van der Waals surface area contributed by atoms with E-state index in [4.69, 9.17) is 0 Å². The Bertz CT molecular complexity index is 394. The van der Waals surface area contributed by atoms with Crippen LogP contribution in [0.15, 0.2) is 28.7 Å². The molecule has 1 aromatic carbocycles. The number of carbonyl (C=O) groups is 1. The molecule has 0 aliphatic rings. The SMILES string of the molecule is O=C(NCC(F)(F)C(F)F)c1ccc(Br)cc1. The van der Waals surface area contributed by atoms with E-state index >= 15 is 0 Å². The monoisotopic (exact) mass is 313 g/mol. The number of rotatable bonds is 4. The maximum atomic E-state index is 12.5. The van der Waals surface area contributed by atoms with E-state index in [1.54, 1.807) is 17.4 Å². The summed E-state index contributed by atoms with van der Waals surface area (Å²) in [6, 6.07) is 5.86. The standard InChI is InChI=1S/C10H8BrF4NO/c11-7-3-1-6(2-4-7)8(17)16-5-10(14,15)9(12)13/h1-4,9H,5H2,(H,16,17). The van der Waals surface area contributed by atoms with Gasteiger partial charge in [0.2, 0.25) is 0 Å². The molecule has 7 heteroatoms. The molecule has 1 rings (SSSR count). The van der Waals surface area contributed by atoms with Gasteiger partial charge >= 0.3 is 12.3 Å². The van der Waals surface area contributed by atoms with Crippen LogP contribution >= 0.6 is 15.9 Å². The number of nitrogens with one attached hydrogen (secondary N) is 1. The number of hydrogen-bond acceptors (Lipinski definition) is 1. The molecule has 0 atom stereocenters. The third-order valence-electron chi connectivity index (χ3n) is 1.91. The molecule has 1 aromatic rings. The highest BCUT2D eigenvalue weighted by Gasteiger charge is 2.40. The van der Waals surface area contributed by atoms with Crippen LogP contribution in [-0.4, -0.2) is 24.8 Å². The topological polar surface area (TPSA) is 29.1 Å². The molecule has 2 nitrogen and oxygen atoms in total. The smallest absolute Gasteiger partial charge is 0.324 e. The van der Waals surface area contributed by atoms with E-state index in [1.165, 1.54) is 12.1 Å². The fourth-order valence-electron chi connectivity index (χ4n) is 0.979. The fourth-order valence-corrected chi connectivity index (χ4v) is 1.24. The molecule has 0 radical (unpaired) electrons. The second kappa shape index (κ2) is 5.48. The third-order valence-corrected chi connectivity index (χ3v) is 2.44. The summed E-state index contributed by atoms with van der Waals surface area (Å²) in [4.78, 5) is 11.3. The van der Waals surface area contributed by atoms with Gasteiger partial charge in [-0.3, -0.25) is 4.79 Å². The molecule has 0 heterocycles. The largest absolute Gasteiger partial charge is 0.346 e. The summed E-state index contributed by atoms with van der Waals surface area (Å²) >= 11 is 3.13. The van der Waals surface area contributed by atoms with Crippen molar-refractivity contribution in [2.45, 2.75) is 12.3 Å². The first-order valence-corrected chi connectivity index (χ1v) is 5.32. The van der Waals surface area contributed by atoms with E-state index < -0.39 is 24.8 Å². The Labute approximate surface area is 103 Å². The number of halogens is 5. The van der Waals surface area contributed by atoms with Crippen LogP contribution in [-0.2, 0) is 0 Å². The number of amides is 1. The van der Waals surface area contributed by atoms with Crippen LogP contribution in [0.25, 0.3) is 0 Å². The average molecular weight is 314 g/mol. The van der Waals surface area contributed by atoms with Crippen molar-refractivity contribution in [3.8, 4) is 0 Å². The molecule has 0 spiro atoms. The second-order valence-electron chi connectivity index (χ2n) is 3.25. The van der Waals surface area contributed by atoms with Crippen molar-refractivity contribution in [2.75, 3.05) is 6.54 Å². The molecule has 0 saturated heterocycles. The number of alkyl halides is 4. The first kappa shape index (κ1) is 14.0. The predicted octanol–water partition coefficient (Wildman–Crippen LogP) is 3.08. The highest BCUT2D eigenvalue weighted by molar-refractivity contribution is 9.10. The minimum absolute atomic E-state index is 0.123. The highest BCUT2D eigenvalue weighted by Crippen LogP contribution is 2.21. The summed E-state index contributed by atoms with van der Waals surface area (Å²) in [6.45, 7) is -1.39. The molecule has 0 aliphatic carbocycles. The Balaban J connectivity index is 2.59. The van der Waals surface area contributed by atoms with E-state index in [9.17, 15) is 22.4 Å². The van der Waals surface area contributed by atoms with Crippen LogP contribution in [0.2, 0.25) is 0 Å². The van der Waals surface area contributed by atoms with Crippen molar-refractivity contribution in [3.05, 3.63) is 34.3 Å². The lowest BCUT2D eigenvalue weighted by molar-refractivity contribution is -0.123. The minimum Gasteiger partial charge on any atom is -0.346 e. The van der Waals surface area contributed by atoms with Crippen molar-refractivity contribution in [3.63, 3.8) is 0 Å². The van der Waals surface area contributed by atoms with Crippen LogP contribution in [0.4, 0.5) is 17.6 Å². The van der Waals surface area contributed by atoms with Crippen LogP contribution in [0.3, 0.4) is 0 Å². The Morgan fingerprint density at radius 2 is 1.82 bits per heavy atom. The summed E-state index contributed by atoms with van der Waals surface area (Å²) in [6.07, 6.45) is -3.80. The van der Waals surface area contributed by atoms with Gasteiger partial charge in [-0.2, -0.15) is 8.78 Å². The fraction of sp³-hybridized carbons (Fsp3) is 0.300. The molecule has 0 aromatic heterocycles. The van der Waals surface area contributed by atoms with E-state index in [1.807, 2.05) is 0 Å². The lowest BCUT2D eigenvalue weighted by Gasteiger charge is -2.15. The zero-order valence-electron chi connectivity index (χ0n) is 8.39. The van der Waals surface area contributed by atoms with Gasteiger partial charge in [0.25, 0.3) is 5.91 Å². The maximum absolute atomic E-state index is 12.5. The quantitative estimate of drug-likeness (QED) is 0.850. The molecule has 94 valence electrons. The van der Waals surface area contributed by atoms with Crippen molar-refractivity contribution in [1.82, 2.24) is 5.32 Å². The molecule has 0 fully saturated rings. The van der Waals surface area contributed by atoms with Gasteiger partial charge in [-0.1, -0.05) is 15.9 Å². The number of carbonyl (C=O) groups excluding carboxylic acids is 1. The lowest BCUT2D eigenvalue weighted by Crippen LogP contribution is -2.41. The molecule has 0 bridgehead atoms. The van der Waals surface area contributed by atoms with Crippen molar-refractivity contribution < 1.29 is 22.4 Å². The molecule has 1 N–H and O–H groups in total. The van der Waals surface area contributed by atoms with E-state index in [2.05, 4.69) is 15.9 Å².